The maximum absolute atomic E-state index is 5.47. The molecule has 0 amide bonds. The van der Waals surface area contributed by atoms with Crippen molar-refractivity contribution in [2.45, 2.75) is 6.92 Å². The van der Waals surface area contributed by atoms with Crippen molar-refractivity contribution in [3.8, 4) is 28.0 Å². The van der Waals surface area contributed by atoms with Gasteiger partial charge in [-0.2, -0.15) is 0 Å². The number of hydrogen-bond acceptors (Lipinski definition) is 1. The largest absolute Gasteiger partial charge is 0.494 e. The van der Waals surface area contributed by atoms with Gasteiger partial charge in [-0.1, -0.05) is 60.7 Å². The van der Waals surface area contributed by atoms with Crippen molar-refractivity contribution in [2.24, 2.45) is 0 Å². The van der Waals surface area contributed by atoms with Crippen molar-refractivity contribution >= 4 is 0 Å². The van der Waals surface area contributed by atoms with Crippen molar-refractivity contribution in [1.29, 1.82) is 0 Å². The van der Waals surface area contributed by atoms with E-state index < -0.39 is 0 Å². The lowest BCUT2D eigenvalue weighted by Crippen LogP contribution is -1.90. The summed E-state index contributed by atoms with van der Waals surface area (Å²) < 4.78 is 5.47. The quantitative estimate of drug-likeness (QED) is 0.633. The normalized spacial score (nSPS) is 10.3. The van der Waals surface area contributed by atoms with E-state index in [1.807, 2.05) is 31.2 Å². The van der Waals surface area contributed by atoms with Gasteiger partial charge >= 0.3 is 0 Å². The fourth-order valence-electron chi connectivity index (χ4n) is 2.34. The Morgan fingerprint density at radius 2 is 1.10 bits per heavy atom. The number of hydrogen-bond donors (Lipinski definition) is 0. The van der Waals surface area contributed by atoms with Gasteiger partial charge in [-0.3, -0.25) is 0 Å². The Morgan fingerprint density at radius 1 is 0.667 bits per heavy atom. The van der Waals surface area contributed by atoms with Crippen LogP contribution in [0.15, 0.2) is 72.8 Å². The Kier molecular flexibility index (Phi) is 4.02. The van der Waals surface area contributed by atoms with Gasteiger partial charge in [0, 0.05) is 0 Å². The van der Waals surface area contributed by atoms with Crippen molar-refractivity contribution < 1.29 is 4.74 Å². The molecule has 1 heteroatoms. The fraction of sp³-hybridized carbons (Fsp3) is 0.100. The van der Waals surface area contributed by atoms with Crippen LogP contribution in [0, 0.1) is 6.07 Å². The SMILES string of the molecule is CCOc1ccc(-c2ccc(-c3cc[c]cc3)cc2)cc1. The molecular weight excluding hydrogens is 256 g/mol. The minimum atomic E-state index is 0.697. The van der Waals surface area contributed by atoms with Crippen LogP contribution in [0.25, 0.3) is 22.3 Å². The molecule has 0 N–H and O–H groups in total. The zero-order valence-electron chi connectivity index (χ0n) is 12.0. The first-order valence-electron chi connectivity index (χ1n) is 7.16. The molecule has 1 radical (unpaired) electrons. The summed E-state index contributed by atoms with van der Waals surface area (Å²) in [7, 11) is 0. The number of rotatable bonds is 4. The lowest BCUT2D eigenvalue weighted by atomic mass is 10.0. The van der Waals surface area contributed by atoms with Crippen molar-refractivity contribution in [3.63, 3.8) is 0 Å². The van der Waals surface area contributed by atoms with E-state index in [4.69, 9.17) is 4.74 Å². The molecule has 3 rings (SSSR count). The molecule has 0 saturated carbocycles. The summed E-state index contributed by atoms with van der Waals surface area (Å²) in [5, 5.41) is 0. The molecule has 0 aliphatic rings. The van der Waals surface area contributed by atoms with Crippen molar-refractivity contribution in [2.75, 3.05) is 6.61 Å². The second-order valence-electron chi connectivity index (χ2n) is 4.82. The van der Waals surface area contributed by atoms with Crippen LogP contribution in [0.3, 0.4) is 0 Å². The second-order valence-corrected chi connectivity index (χ2v) is 4.82. The molecule has 0 unspecified atom stereocenters. The van der Waals surface area contributed by atoms with E-state index in [0.29, 0.717) is 6.61 Å². The topological polar surface area (TPSA) is 9.23 Å². The Hall–Kier alpha value is -2.54. The average molecular weight is 273 g/mol. The van der Waals surface area contributed by atoms with Crippen LogP contribution in [-0.2, 0) is 0 Å². The molecule has 0 bridgehead atoms. The smallest absolute Gasteiger partial charge is 0.119 e. The molecule has 3 aromatic rings. The molecule has 0 saturated heterocycles. The highest BCUT2D eigenvalue weighted by Gasteiger charge is 2.00. The van der Waals surface area contributed by atoms with E-state index in [2.05, 4.69) is 54.6 Å². The van der Waals surface area contributed by atoms with E-state index in [9.17, 15) is 0 Å². The molecule has 0 aliphatic carbocycles. The van der Waals surface area contributed by atoms with E-state index in [-0.39, 0.29) is 0 Å². The summed E-state index contributed by atoms with van der Waals surface area (Å²) in [6.45, 7) is 2.69. The third-order valence-corrected chi connectivity index (χ3v) is 3.44. The van der Waals surface area contributed by atoms with Gasteiger partial charge in [0.25, 0.3) is 0 Å². The first-order chi connectivity index (χ1) is 10.4. The predicted octanol–water partition coefficient (Wildman–Crippen LogP) is 5.22. The predicted molar refractivity (Wildman–Crippen MR) is 87.3 cm³/mol. The Balaban J connectivity index is 1.84. The third kappa shape index (κ3) is 3.14. The third-order valence-electron chi connectivity index (χ3n) is 3.44. The molecular formula is C20H17O. The van der Waals surface area contributed by atoms with E-state index in [1.165, 1.54) is 22.3 Å². The highest BCUT2D eigenvalue weighted by molar-refractivity contribution is 5.70. The standard InChI is InChI=1S/C20H17O/c1-2-21-20-14-12-19(13-15-20)18-10-8-17(9-11-18)16-6-4-3-5-7-16/h4-15H,2H2,1H3. The van der Waals surface area contributed by atoms with E-state index >= 15 is 0 Å². The van der Waals surface area contributed by atoms with Crippen LogP contribution < -0.4 is 4.74 Å². The number of ether oxygens (including phenoxy) is 1. The highest BCUT2D eigenvalue weighted by Crippen LogP contribution is 2.26. The summed E-state index contributed by atoms with van der Waals surface area (Å²) >= 11 is 0. The molecule has 0 spiro atoms. The monoisotopic (exact) mass is 273 g/mol. The zero-order valence-corrected chi connectivity index (χ0v) is 12.0. The summed E-state index contributed by atoms with van der Waals surface area (Å²) in [5.74, 6) is 0.915. The maximum atomic E-state index is 5.47. The molecule has 0 atom stereocenters. The minimum absolute atomic E-state index is 0.697. The average Bonchev–Trinajstić information content (AvgIpc) is 2.57. The molecule has 3 aromatic carbocycles. The van der Waals surface area contributed by atoms with Crippen LogP contribution in [0.2, 0.25) is 0 Å². The van der Waals surface area contributed by atoms with Crippen LogP contribution >= 0.6 is 0 Å². The fourth-order valence-corrected chi connectivity index (χ4v) is 2.34. The van der Waals surface area contributed by atoms with Gasteiger partial charge in [0.2, 0.25) is 0 Å². The lowest BCUT2D eigenvalue weighted by molar-refractivity contribution is 0.340. The van der Waals surface area contributed by atoms with Crippen LogP contribution in [0.1, 0.15) is 6.92 Å². The van der Waals surface area contributed by atoms with Gasteiger partial charge in [-0.05, 0) is 47.4 Å². The summed E-state index contributed by atoms with van der Waals surface area (Å²) in [6, 6.07) is 27.9. The van der Waals surface area contributed by atoms with Gasteiger partial charge in [0.05, 0.1) is 6.61 Å². The Morgan fingerprint density at radius 3 is 1.57 bits per heavy atom. The first-order valence-corrected chi connectivity index (χ1v) is 7.16. The van der Waals surface area contributed by atoms with Crippen LogP contribution in [0.4, 0.5) is 0 Å². The van der Waals surface area contributed by atoms with Gasteiger partial charge in [0.15, 0.2) is 0 Å². The van der Waals surface area contributed by atoms with Gasteiger partial charge in [-0.15, -0.1) is 0 Å². The van der Waals surface area contributed by atoms with Crippen LogP contribution in [-0.4, -0.2) is 6.61 Å². The molecule has 0 aliphatic heterocycles. The molecule has 0 aromatic heterocycles. The highest BCUT2D eigenvalue weighted by atomic mass is 16.5. The lowest BCUT2D eigenvalue weighted by Gasteiger charge is -2.07. The Labute approximate surface area is 125 Å². The molecule has 0 fully saturated rings. The summed E-state index contributed by atoms with van der Waals surface area (Å²) in [6.07, 6.45) is 0. The molecule has 1 nitrogen and oxygen atoms in total. The van der Waals surface area contributed by atoms with Crippen molar-refractivity contribution in [3.05, 3.63) is 78.9 Å². The van der Waals surface area contributed by atoms with Gasteiger partial charge in [0.1, 0.15) is 5.75 Å². The zero-order chi connectivity index (χ0) is 14.5. The summed E-state index contributed by atoms with van der Waals surface area (Å²) in [4.78, 5) is 0. The second kappa shape index (κ2) is 6.27. The van der Waals surface area contributed by atoms with E-state index in [1.54, 1.807) is 0 Å². The number of benzene rings is 3. The minimum Gasteiger partial charge on any atom is -0.494 e. The van der Waals surface area contributed by atoms with Crippen molar-refractivity contribution in [1.82, 2.24) is 0 Å². The molecule has 21 heavy (non-hydrogen) atoms. The van der Waals surface area contributed by atoms with E-state index in [0.717, 1.165) is 5.75 Å². The molecule has 0 heterocycles. The van der Waals surface area contributed by atoms with Crippen LogP contribution in [0.5, 0.6) is 5.75 Å². The summed E-state index contributed by atoms with van der Waals surface area (Å²) in [5.41, 5.74) is 4.85. The first kappa shape index (κ1) is 13.4. The van der Waals surface area contributed by atoms with Gasteiger partial charge < -0.3 is 4.74 Å². The molecule has 103 valence electrons. The maximum Gasteiger partial charge on any atom is 0.119 e. The Bertz CT molecular complexity index is 682. The van der Waals surface area contributed by atoms with Gasteiger partial charge in [-0.25, -0.2) is 0 Å².